The molecule has 0 aliphatic carbocycles. The van der Waals surface area contributed by atoms with Gasteiger partial charge in [-0.2, -0.15) is 0 Å². The van der Waals surface area contributed by atoms with Crippen molar-refractivity contribution in [3.8, 4) is 11.5 Å². The average Bonchev–Trinajstić information content (AvgIpc) is 2.59. The van der Waals surface area contributed by atoms with Crippen molar-refractivity contribution < 1.29 is 28.9 Å². The number of para-hydroxylation sites is 2. The minimum Gasteiger partial charge on any atom is -0.478 e. The molecular weight excluding hydrogens is 312 g/mol. The van der Waals surface area contributed by atoms with Crippen molar-refractivity contribution in [2.45, 2.75) is 6.29 Å². The van der Waals surface area contributed by atoms with Gasteiger partial charge in [0.25, 0.3) is 6.29 Å². The zero-order chi connectivity index (χ0) is 17.2. The van der Waals surface area contributed by atoms with Crippen LogP contribution in [0.5, 0.6) is 11.5 Å². The maximum absolute atomic E-state index is 11.5. The molecule has 0 amide bonds. The van der Waals surface area contributed by atoms with Gasteiger partial charge in [0.05, 0.1) is 0 Å². The highest BCUT2D eigenvalue weighted by Gasteiger charge is 2.15. The van der Waals surface area contributed by atoms with Crippen molar-refractivity contribution >= 4 is 11.9 Å². The molecule has 0 saturated heterocycles. The van der Waals surface area contributed by atoms with Crippen LogP contribution in [0, 0.1) is 0 Å². The molecule has 6 heteroatoms. The Hall–Kier alpha value is -3.28. The number of carboxylic acid groups (broad SMARTS) is 1. The van der Waals surface area contributed by atoms with Crippen LogP contribution < -0.4 is 9.47 Å². The summed E-state index contributed by atoms with van der Waals surface area (Å²) in [6.07, 6.45) is 0.648. The van der Waals surface area contributed by atoms with Gasteiger partial charge in [-0.25, -0.2) is 9.59 Å². The van der Waals surface area contributed by atoms with Gasteiger partial charge >= 0.3 is 11.9 Å². The summed E-state index contributed by atoms with van der Waals surface area (Å²) in [5.74, 6) is -0.925. The molecular formula is C18H16O6. The molecule has 2 rings (SSSR count). The fourth-order valence-electron chi connectivity index (χ4n) is 1.73. The Morgan fingerprint density at radius 1 is 0.875 bits per heavy atom. The van der Waals surface area contributed by atoms with E-state index >= 15 is 0 Å². The van der Waals surface area contributed by atoms with Crippen LogP contribution in [-0.4, -0.2) is 29.9 Å². The van der Waals surface area contributed by atoms with E-state index in [1.807, 2.05) is 12.1 Å². The van der Waals surface area contributed by atoms with Crippen molar-refractivity contribution in [3.05, 3.63) is 72.8 Å². The van der Waals surface area contributed by atoms with Crippen molar-refractivity contribution in [2.75, 3.05) is 6.61 Å². The van der Waals surface area contributed by atoms with E-state index in [1.165, 1.54) is 0 Å². The summed E-state index contributed by atoms with van der Waals surface area (Å²) in [5, 5.41) is 8.49. The van der Waals surface area contributed by atoms with E-state index < -0.39 is 18.2 Å². The van der Waals surface area contributed by atoms with E-state index in [9.17, 15) is 9.59 Å². The molecule has 2 aromatic rings. The highest BCUT2D eigenvalue weighted by molar-refractivity contribution is 5.90. The normalized spacial score (nSPS) is 10.5. The van der Waals surface area contributed by atoms with E-state index in [-0.39, 0.29) is 6.61 Å². The summed E-state index contributed by atoms with van der Waals surface area (Å²) in [6.45, 7) is -0.202. The third-order valence-corrected chi connectivity index (χ3v) is 2.75. The Bertz CT molecular complexity index is 640. The maximum atomic E-state index is 11.5. The number of esters is 1. The first-order valence-corrected chi connectivity index (χ1v) is 7.14. The quantitative estimate of drug-likeness (QED) is 0.456. The SMILES string of the molecule is O=C(O)/C=C/C(=O)OCC(Oc1ccccc1)Oc1ccccc1. The topological polar surface area (TPSA) is 82.1 Å². The predicted octanol–water partition coefficient (Wildman–Crippen LogP) is 2.65. The second-order valence-corrected chi connectivity index (χ2v) is 4.59. The van der Waals surface area contributed by atoms with E-state index in [0.29, 0.717) is 17.6 Å². The van der Waals surface area contributed by atoms with Crippen LogP contribution in [0.3, 0.4) is 0 Å². The second-order valence-electron chi connectivity index (χ2n) is 4.59. The smallest absolute Gasteiger partial charge is 0.331 e. The molecule has 0 aromatic heterocycles. The Kier molecular flexibility index (Phi) is 6.40. The lowest BCUT2D eigenvalue weighted by molar-refractivity contribution is -0.146. The van der Waals surface area contributed by atoms with Crippen LogP contribution in [0.25, 0.3) is 0 Å². The van der Waals surface area contributed by atoms with E-state index in [1.54, 1.807) is 48.5 Å². The number of carbonyl (C=O) groups excluding carboxylic acids is 1. The molecule has 0 radical (unpaired) electrons. The average molecular weight is 328 g/mol. The molecule has 0 aliphatic heterocycles. The molecule has 2 aromatic carbocycles. The lowest BCUT2D eigenvalue weighted by atomic mass is 10.3. The van der Waals surface area contributed by atoms with Crippen molar-refractivity contribution in [1.82, 2.24) is 0 Å². The maximum Gasteiger partial charge on any atom is 0.331 e. The first kappa shape index (κ1) is 17.1. The zero-order valence-corrected chi connectivity index (χ0v) is 12.7. The van der Waals surface area contributed by atoms with Crippen LogP contribution >= 0.6 is 0 Å². The molecule has 0 atom stereocenters. The number of ether oxygens (including phenoxy) is 3. The molecule has 0 bridgehead atoms. The van der Waals surface area contributed by atoms with Crippen LogP contribution in [0.1, 0.15) is 0 Å². The minimum atomic E-state index is -1.23. The molecule has 6 nitrogen and oxygen atoms in total. The molecule has 0 fully saturated rings. The molecule has 24 heavy (non-hydrogen) atoms. The Morgan fingerprint density at radius 3 is 1.83 bits per heavy atom. The first-order chi connectivity index (χ1) is 11.6. The standard InChI is InChI=1S/C18H16O6/c19-16(20)11-12-17(21)22-13-18(23-14-7-3-1-4-8-14)24-15-9-5-2-6-10-15/h1-12,18H,13H2,(H,19,20)/b12-11+. The largest absolute Gasteiger partial charge is 0.478 e. The van der Waals surface area contributed by atoms with Crippen LogP contribution in [0.15, 0.2) is 72.8 Å². The van der Waals surface area contributed by atoms with Gasteiger partial charge in [-0.1, -0.05) is 36.4 Å². The Balaban J connectivity index is 1.99. The third-order valence-electron chi connectivity index (χ3n) is 2.75. The summed E-state index contributed by atoms with van der Waals surface area (Å²) in [5.41, 5.74) is 0. The molecule has 0 aliphatic rings. The van der Waals surface area contributed by atoms with Gasteiger partial charge in [-0.05, 0) is 24.3 Å². The summed E-state index contributed by atoms with van der Waals surface area (Å²) in [6, 6.07) is 17.9. The van der Waals surface area contributed by atoms with Gasteiger partial charge < -0.3 is 19.3 Å². The van der Waals surface area contributed by atoms with Gasteiger partial charge in [-0.15, -0.1) is 0 Å². The molecule has 0 heterocycles. The minimum absolute atomic E-state index is 0.202. The van der Waals surface area contributed by atoms with E-state index in [0.717, 1.165) is 6.08 Å². The fourth-order valence-corrected chi connectivity index (χ4v) is 1.73. The highest BCUT2D eigenvalue weighted by Crippen LogP contribution is 2.16. The third kappa shape index (κ3) is 6.23. The lowest BCUT2D eigenvalue weighted by Crippen LogP contribution is -2.30. The lowest BCUT2D eigenvalue weighted by Gasteiger charge is -2.20. The second kappa shape index (κ2) is 8.99. The summed E-state index contributed by atoms with van der Waals surface area (Å²) >= 11 is 0. The number of hydrogen-bond donors (Lipinski definition) is 1. The highest BCUT2D eigenvalue weighted by atomic mass is 16.7. The zero-order valence-electron chi connectivity index (χ0n) is 12.7. The summed E-state index contributed by atoms with van der Waals surface area (Å²) in [4.78, 5) is 21.9. The molecule has 124 valence electrons. The van der Waals surface area contributed by atoms with Crippen molar-refractivity contribution in [1.29, 1.82) is 0 Å². The summed E-state index contributed by atoms with van der Waals surface area (Å²) < 4.78 is 16.3. The number of aliphatic carboxylic acids is 1. The predicted molar refractivity (Wildman–Crippen MR) is 85.7 cm³/mol. The van der Waals surface area contributed by atoms with Gasteiger partial charge in [-0.3, -0.25) is 0 Å². The Morgan fingerprint density at radius 2 is 1.38 bits per heavy atom. The molecule has 0 spiro atoms. The Labute approximate surface area is 138 Å². The molecule has 0 unspecified atom stereocenters. The fraction of sp³-hybridized carbons (Fsp3) is 0.111. The first-order valence-electron chi connectivity index (χ1n) is 7.14. The summed E-state index contributed by atoms with van der Waals surface area (Å²) in [7, 11) is 0. The van der Waals surface area contributed by atoms with Crippen LogP contribution in [0.4, 0.5) is 0 Å². The number of hydrogen-bond acceptors (Lipinski definition) is 5. The molecule has 1 N–H and O–H groups in total. The number of carboxylic acids is 1. The monoisotopic (exact) mass is 328 g/mol. The van der Waals surface area contributed by atoms with Crippen molar-refractivity contribution in [3.63, 3.8) is 0 Å². The molecule has 0 saturated carbocycles. The van der Waals surface area contributed by atoms with E-state index in [2.05, 4.69) is 0 Å². The van der Waals surface area contributed by atoms with Crippen LogP contribution in [0.2, 0.25) is 0 Å². The van der Waals surface area contributed by atoms with E-state index in [4.69, 9.17) is 19.3 Å². The van der Waals surface area contributed by atoms with Gasteiger partial charge in [0, 0.05) is 12.2 Å². The van der Waals surface area contributed by atoms with Gasteiger partial charge in [0.2, 0.25) is 0 Å². The number of rotatable bonds is 8. The van der Waals surface area contributed by atoms with Gasteiger partial charge in [0.1, 0.15) is 11.5 Å². The number of benzene rings is 2. The van der Waals surface area contributed by atoms with Crippen LogP contribution in [-0.2, 0) is 14.3 Å². The number of carbonyl (C=O) groups is 2. The van der Waals surface area contributed by atoms with Crippen molar-refractivity contribution in [2.24, 2.45) is 0 Å². The van der Waals surface area contributed by atoms with Gasteiger partial charge in [0.15, 0.2) is 6.61 Å².